The number of carbonyl (C=O) groups is 1. The van der Waals surface area contributed by atoms with Crippen LogP contribution in [0.15, 0.2) is 48.8 Å². The number of aldehydes is 1. The van der Waals surface area contributed by atoms with E-state index >= 15 is 0 Å². The third-order valence-corrected chi connectivity index (χ3v) is 2.83. The van der Waals surface area contributed by atoms with Crippen LogP contribution in [0, 0.1) is 5.82 Å². The maximum Gasteiger partial charge on any atom is 0.150 e. The summed E-state index contributed by atoms with van der Waals surface area (Å²) >= 11 is 0. The van der Waals surface area contributed by atoms with E-state index in [9.17, 15) is 9.18 Å². The van der Waals surface area contributed by atoms with E-state index in [4.69, 9.17) is 0 Å². The number of carbonyl (C=O) groups excluding carboxylic acids is 1. The number of halogens is 1. The van der Waals surface area contributed by atoms with E-state index in [0.29, 0.717) is 23.1 Å². The van der Waals surface area contributed by atoms with Crippen LogP contribution in [0.1, 0.15) is 10.4 Å². The maximum absolute atomic E-state index is 14.0. The second kappa shape index (κ2) is 4.07. The molecule has 3 nitrogen and oxygen atoms in total. The number of nitrogens with zero attached hydrogens (tertiary/aromatic N) is 2. The Morgan fingerprint density at radius 3 is 2.89 bits per heavy atom. The summed E-state index contributed by atoms with van der Waals surface area (Å²) < 4.78 is 15.8. The van der Waals surface area contributed by atoms with Gasteiger partial charge in [-0.25, -0.2) is 9.37 Å². The second-order valence-corrected chi connectivity index (χ2v) is 3.92. The molecule has 0 aliphatic carbocycles. The summed E-state index contributed by atoms with van der Waals surface area (Å²) in [6, 6.07) is 9.92. The predicted octanol–water partition coefficient (Wildman–Crippen LogP) is 2.95. The number of pyridine rings is 1. The van der Waals surface area contributed by atoms with Crippen LogP contribution in [0.25, 0.3) is 16.9 Å². The number of hydrogen-bond donors (Lipinski definition) is 0. The molecule has 0 saturated carbocycles. The summed E-state index contributed by atoms with van der Waals surface area (Å²) in [6.07, 6.45) is 4.07. The summed E-state index contributed by atoms with van der Waals surface area (Å²) in [6.45, 7) is 0. The van der Waals surface area contributed by atoms with E-state index in [2.05, 4.69) is 4.98 Å². The molecule has 0 saturated heterocycles. The van der Waals surface area contributed by atoms with Gasteiger partial charge in [0.25, 0.3) is 0 Å². The Balaban J connectivity index is 2.26. The largest absolute Gasteiger partial charge is 0.300 e. The fraction of sp³-hybridized carbons (Fsp3) is 0. The highest BCUT2D eigenvalue weighted by atomic mass is 19.1. The van der Waals surface area contributed by atoms with Crippen LogP contribution < -0.4 is 0 Å². The van der Waals surface area contributed by atoms with Gasteiger partial charge in [-0.15, -0.1) is 0 Å². The predicted molar refractivity (Wildman–Crippen MR) is 66.0 cm³/mol. The van der Waals surface area contributed by atoms with Gasteiger partial charge in [-0.1, -0.05) is 12.1 Å². The van der Waals surface area contributed by atoms with Crippen LogP contribution in [0.2, 0.25) is 0 Å². The first kappa shape index (κ1) is 10.7. The molecular weight excluding hydrogens is 231 g/mol. The van der Waals surface area contributed by atoms with Gasteiger partial charge >= 0.3 is 0 Å². The van der Waals surface area contributed by atoms with Crippen molar-refractivity contribution < 1.29 is 9.18 Å². The number of benzene rings is 1. The van der Waals surface area contributed by atoms with Gasteiger partial charge < -0.3 is 0 Å². The monoisotopic (exact) mass is 240 g/mol. The molecule has 0 aliphatic rings. The van der Waals surface area contributed by atoms with Crippen LogP contribution in [-0.2, 0) is 0 Å². The zero-order valence-electron chi connectivity index (χ0n) is 9.38. The number of fused-ring (bicyclic) bond motifs is 1. The third-order valence-electron chi connectivity index (χ3n) is 2.83. The van der Waals surface area contributed by atoms with Gasteiger partial charge in [0, 0.05) is 23.5 Å². The van der Waals surface area contributed by atoms with E-state index in [0.717, 1.165) is 5.65 Å². The summed E-state index contributed by atoms with van der Waals surface area (Å²) in [5.74, 6) is -0.416. The quantitative estimate of drug-likeness (QED) is 0.645. The summed E-state index contributed by atoms with van der Waals surface area (Å²) in [7, 11) is 0. The Hall–Kier alpha value is -2.49. The fourth-order valence-electron chi connectivity index (χ4n) is 1.98. The van der Waals surface area contributed by atoms with Gasteiger partial charge in [-0.05, 0) is 24.3 Å². The summed E-state index contributed by atoms with van der Waals surface area (Å²) in [4.78, 5) is 14.7. The molecule has 0 unspecified atom stereocenters. The molecule has 0 fully saturated rings. The Labute approximate surface area is 103 Å². The van der Waals surface area contributed by atoms with Crippen molar-refractivity contribution in [2.24, 2.45) is 0 Å². The number of rotatable bonds is 2. The van der Waals surface area contributed by atoms with Crippen molar-refractivity contribution in [1.82, 2.24) is 9.38 Å². The SMILES string of the molecule is O=Cc1ccc(-c2cccc3nccn23)c(F)c1. The molecule has 1 aromatic carbocycles. The fourth-order valence-corrected chi connectivity index (χ4v) is 1.98. The minimum atomic E-state index is -0.416. The first-order chi connectivity index (χ1) is 8.79. The van der Waals surface area contributed by atoms with E-state index in [-0.39, 0.29) is 0 Å². The summed E-state index contributed by atoms with van der Waals surface area (Å²) in [5.41, 5.74) is 2.24. The van der Waals surface area contributed by atoms with Gasteiger partial charge in [0.05, 0.1) is 5.69 Å². The Morgan fingerprint density at radius 1 is 1.22 bits per heavy atom. The molecule has 0 amide bonds. The highest BCUT2D eigenvalue weighted by Crippen LogP contribution is 2.24. The molecule has 0 radical (unpaired) electrons. The number of aromatic nitrogens is 2. The lowest BCUT2D eigenvalue weighted by Gasteiger charge is -2.07. The molecule has 0 N–H and O–H groups in total. The highest BCUT2D eigenvalue weighted by molar-refractivity contribution is 5.77. The van der Waals surface area contributed by atoms with Crippen molar-refractivity contribution >= 4 is 11.9 Å². The maximum atomic E-state index is 14.0. The molecule has 0 bridgehead atoms. The number of imidazole rings is 1. The Morgan fingerprint density at radius 2 is 2.11 bits per heavy atom. The molecule has 88 valence electrons. The lowest BCUT2D eigenvalue weighted by Crippen LogP contribution is -1.94. The molecule has 2 aromatic heterocycles. The molecule has 0 atom stereocenters. The van der Waals surface area contributed by atoms with E-state index in [1.165, 1.54) is 6.07 Å². The minimum absolute atomic E-state index is 0.328. The Bertz CT molecular complexity index is 733. The smallest absolute Gasteiger partial charge is 0.150 e. The van der Waals surface area contributed by atoms with Crippen molar-refractivity contribution in [3.8, 4) is 11.3 Å². The van der Waals surface area contributed by atoms with Crippen LogP contribution in [-0.4, -0.2) is 15.7 Å². The zero-order valence-corrected chi connectivity index (χ0v) is 9.38. The molecule has 3 rings (SSSR count). The molecule has 18 heavy (non-hydrogen) atoms. The molecule has 2 heterocycles. The highest BCUT2D eigenvalue weighted by Gasteiger charge is 2.09. The first-order valence-electron chi connectivity index (χ1n) is 5.47. The van der Waals surface area contributed by atoms with Crippen LogP contribution >= 0.6 is 0 Å². The Kier molecular flexibility index (Phi) is 2.41. The molecule has 0 aliphatic heterocycles. The van der Waals surface area contributed by atoms with E-state index in [1.807, 2.05) is 18.2 Å². The van der Waals surface area contributed by atoms with Crippen LogP contribution in [0.5, 0.6) is 0 Å². The first-order valence-corrected chi connectivity index (χ1v) is 5.47. The van der Waals surface area contributed by atoms with Crippen molar-refractivity contribution in [3.05, 3.63) is 60.2 Å². The van der Waals surface area contributed by atoms with Gasteiger partial charge in [0.1, 0.15) is 17.8 Å². The lowest BCUT2D eigenvalue weighted by molar-refractivity contribution is 0.112. The second-order valence-electron chi connectivity index (χ2n) is 3.92. The molecule has 3 aromatic rings. The third kappa shape index (κ3) is 1.59. The van der Waals surface area contributed by atoms with Crippen molar-refractivity contribution in [2.45, 2.75) is 0 Å². The van der Waals surface area contributed by atoms with Crippen molar-refractivity contribution in [1.29, 1.82) is 0 Å². The number of hydrogen-bond acceptors (Lipinski definition) is 2. The van der Waals surface area contributed by atoms with Crippen LogP contribution in [0.3, 0.4) is 0 Å². The zero-order chi connectivity index (χ0) is 12.5. The van der Waals surface area contributed by atoms with Gasteiger partial charge in [-0.2, -0.15) is 0 Å². The van der Waals surface area contributed by atoms with Gasteiger partial charge in [0.2, 0.25) is 0 Å². The van der Waals surface area contributed by atoms with Crippen molar-refractivity contribution in [3.63, 3.8) is 0 Å². The molecule has 4 heteroatoms. The average Bonchev–Trinajstić information content (AvgIpc) is 2.87. The topological polar surface area (TPSA) is 34.4 Å². The van der Waals surface area contributed by atoms with E-state index < -0.39 is 5.82 Å². The molecule has 0 spiro atoms. The van der Waals surface area contributed by atoms with Gasteiger partial charge in [-0.3, -0.25) is 9.20 Å². The molecular formula is C14H9FN2O. The standard InChI is InChI=1S/C14H9FN2O/c15-12-8-10(9-18)4-5-11(12)13-2-1-3-14-16-6-7-17(13)14/h1-9H. The van der Waals surface area contributed by atoms with Crippen molar-refractivity contribution in [2.75, 3.05) is 0 Å². The minimum Gasteiger partial charge on any atom is -0.300 e. The lowest BCUT2D eigenvalue weighted by atomic mass is 10.1. The van der Waals surface area contributed by atoms with Crippen LogP contribution in [0.4, 0.5) is 4.39 Å². The average molecular weight is 240 g/mol. The summed E-state index contributed by atoms with van der Waals surface area (Å²) in [5, 5.41) is 0. The van der Waals surface area contributed by atoms with Gasteiger partial charge in [0.15, 0.2) is 0 Å². The van der Waals surface area contributed by atoms with E-state index in [1.54, 1.807) is 28.9 Å². The normalized spacial score (nSPS) is 10.7.